The second-order valence-corrected chi connectivity index (χ2v) is 4.41. The van der Waals surface area contributed by atoms with E-state index in [0.717, 1.165) is 11.0 Å². The first-order chi connectivity index (χ1) is 8.72. The predicted molar refractivity (Wildman–Crippen MR) is 69.4 cm³/mol. The van der Waals surface area contributed by atoms with Crippen molar-refractivity contribution in [3.05, 3.63) is 53.8 Å². The summed E-state index contributed by atoms with van der Waals surface area (Å²) in [6.45, 7) is 0. The van der Waals surface area contributed by atoms with Crippen LogP contribution in [0.3, 0.4) is 0 Å². The lowest BCUT2D eigenvalue weighted by Gasteiger charge is -2.07. The molecule has 2 nitrogen and oxygen atoms in total. The Morgan fingerprint density at radius 3 is 2.44 bits per heavy atom. The molecule has 90 valence electrons. The molecule has 0 radical (unpaired) electrons. The van der Waals surface area contributed by atoms with Crippen molar-refractivity contribution in [3.63, 3.8) is 0 Å². The topological polar surface area (TPSA) is 33.0 Å². The Morgan fingerprint density at radius 2 is 1.89 bits per heavy atom. The molecule has 0 heterocycles. The number of rotatable bonds is 3. The molecule has 0 aromatic heterocycles. The van der Waals surface area contributed by atoms with Crippen molar-refractivity contribution in [2.24, 2.45) is 0 Å². The molecule has 18 heavy (non-hydrogen) atoms. The van der Waals surface area contributed by atoms with Gasteiger partial charge in [-0.05, 0) is 48.7 Å². The van der Waals surface area contributed by atoms with E-state index in [1.807, 2.05) is 24.5 Å². The van der Waals surface area contributed by atoms with Crippen LogP contribution < -0.4 is 4.74 Å². The molecular formula is C14H10FNOS. The van der Waals surface area contributed by atoms with Gasteiger partial charge in [-0.2, -0.15) is 5.26 Å². The molecule has 0 atom stereocenters. The van der Waals surface area contributed by atoms with Crippen molar-refractivity contribution < 1.29 is 9.13 Å². The van der Waals surface area contributed by atoms with Crippen molar-refractivity contribution in [2.75, 3.05) is 6.26 Å². The highest BCUT2D eigenvalue weighted by atomic mass is 32.2. The summed E-state index contributed by atoms with van der Waals surface area (Å²) in [6.07, 6.45) is 1.98. The number of thioether (sulfide) groups is 1. The van der Waals surface area contributed by atoms with Crippen molar-refractivity contribution >= 4 is 11.8 Å². The summed E-state index contributed by atoms with van der Waals surface area (Å²) < 4.78 is 19.0. The fraction of sp³-hybridized carbons (Fsp3) is 0.0714. The average Bonchev–Trinajstić information content (AvgIpc) is 2.42. The van der Waals surface area contributed by atoms with Crippen molar-refractivity contribution in [1.82, 2.24) is 0 Å². The normalized spacial score (nSPS) is 9.83. The molecule has 0 aliphatic heterocycles. The number of benzene rings is 2. The van der Waals surface area contributed by atoms with E-state index in [1.54, 1.807) is 23.9 Å². The van der Waals surface area contributed by atoms with Gasteiger partial charge in [-0.1, -0.05) is 0 Å². The highest BCUT2D eigenvalue weighted by Crippen LogP contribution is 2.26. The minimum Gasteiger partial charge on any atom is -0.454 e. The van der Waals surface area contributed by atoms with Crippen molar-refractivity contribution in [3.8, 4) is 17.6 Å². The first-order valence-corrected chi connectivity index (χ1v) is 6.47. The molecule has 0 spiro atoms. The van der Waals surface area contributed by atoms with E-state index in [9.17, 15) is 4.39 Å². The Morgan fingerprint density at radius 1 is 1.17 bits per heavy atom. The zero-order chi connectivity index (χ0) is 13.0. The molecule has 0 N–H and O–H groups in total. The van der Waals surface area contributed by atoms with E-state index >= 15 is 0 Å². The zero-order valence-electron chi connectivity index (χ0n) is 9.68. The van der Waals surface area contributed by atoms with E-state index in [-0.39, 0.29) is 11.3 Å². The van der Waals surface area contributed by atoms with Crippen LogP contribution in [0.25, 0.3) is 0 Å². The van der Waals surface area contributed by atoms with Crippen LogP contribution in [0.2, 0.25) is 0 Å². The number of ether oxygens (including phenoxy) is 1. The number of nitrogens with zero attached hydrogens (tertiary/aromatic N) is 1. The minimum atomic E-state index is -0.539. The van der Waals surface area contributed by atoms with Gasteiger partial charge in [-0.25, -0.2) is 4.39 Å². The second kappa shape index (κ2) is 5.56. The number of hydrogen-bond donors (Lipinski definition) is 0. The largest absolute Gasteiger partial charge is 0.454 e. The summed E-state index contributed by atoms with van der Waals surface area (Å²) in [5.74, 6) is 0.144. The van der Waals surface area contributed by atoms with Crippen LogP contribution in [-0.4, -0.2) is 6.26 Å². The highest BCUT2D eigenvalue weighted by molar-refractivity contribution is 7.98. The smallest absolute Gasteiger partial charge is 0.167 e. The maximum Gasteiger partial charge on any atom is 0.167 e. The Labute approximate surface area is 109 Å². The number of halogens is 1. The number of nitriles is 1. The van der Waals surface area contributed by atoms with Crippen LogP contribution in [0.1, 0.15) is 5.56 Å². The molecular weight excluding hydrogens is 249 g/mol. The summed E-state index contributed by atoms with van der Waals surface area (Å²) >= 11 is 1.63. The molecule has 0 amide bonds. The maximum atomic E-state index is 13.6. The van der Waals surface area contributed by atoms with Crippen LogP contribution in [0.4, 0.5) is 4.39 Å². The van der Waals surface area contributed by atoms with Gasteiger partial charge in [0.25, 0.3) is 0 Å². The van der Waals surface area contributed by atoms with Crippen molar-refractivity contribution in [1.29, 1.82) is 5.26 Å². The van der Waals surface area contributed by atoms with Crippen molar-refractivity contribution in [2.45, 2.75) is 4.90 Å². The summed E-state index contributed by atoms with van der Waals surface area (Å²) in [7, 11) is 0. The van der Waals surface area contributed by atoms with Gasteiger partial charge < -0.3 is 4.74 Å². The SMILES string of the molecule is CSc1ccc(Oc2ccc(C#N)cc2F)cc1. The first kappa shape index (κ1) is 12.5. The molecule has 0 aliphatic carbocycles. The Hall–Kier alpha value is -1.99. The van der Waals surface area contributed by atoms with Gasteiger partial charge in [0.15, 0.2) is 11.6 Å². The molecule has 0 saturated heterocycles. The monoisotopic (exact) mass is 259 g/mol. The lowest BCUT2D eigenvalue weighted by atomic mass is 10.2. The molecule has 0 bridgehead atoms. The van der Waals surface area contributed by atoms with Crippen LogP contribution in [0.15, 0.2) is 47.4 Å². The summed E-state index contributed by atoms with van der Waals surface area (Å²) in [4.78, 5) is 1.11. The Kier molecular flexibility index (Phi) is 3.85. The van der Waals surface area contributed by atoms with Gasteiger partial charge in [0.2, 0.25) is 0 Å². The van der Waals surface area contributed by atoms with E-state index in [2.05, 4.69) is 0 Å². The molecule has 2 rings (SSSR count). The molecule has 0 unspecified atom stereocenters. The van der Waals surface area contributed by atoms with Gasteiger partial charge in [0.1, 0.15) is 5.75 Å². The predicted octanol–water partition coefficient (Wildman–Crippen LogP) is 4.21. The summed E-state index contributed by atoms with van der Waals surface area (Å²) in [5, 5.41) is 8.64. The fourth-order valence-corrected chi connectivity index (χ4v) is 1.83. The third-order valence-electron chi connectivity index (χ3n) is 2.35. The third kappa shape index (κ3) is 2.82. The van der Waals surface area contributed by atoms with Gasteiger partial charge in [0, 0.05) is 4.90 Å². The molecule has 2 aromatic carbocycles. The lowest BCUT2D eigenvalue weighted by molar-refractivity contribution is 0.442. The molecule has 0 fully saturated rings. The molecule has 2 aromatic rings. The van der Waals surface area contributed by atoms with Crippen LogP contribution in [0, 0.1) is 17.1 Å². The minimum absolute atomic E-state index is 0.117. The van der Waals surface area contributed by atoms with Gasteiger partial charge in [0.05, 0.1) is 11.6 Å². The lowest BCUT2D eigenvalue weighted by Crippen LogP contribution is -1.89. The Balaban J connectivity index is 2.20. The molecule has 0 aliphatic rings. The van der Waals surface area contributed by atoms with Gasteiger partial charge in [-0.3, -0.25) is 0 Å². The Bertz CT molecular complexity index is 590. The van der Waals surface area contributed by atoms with E-state index < -0.39 is 5.82 Å². The zero-order valence-corrected chi connectivity index (χ0v) is 10.5. The van der Waals surface area contributed by atoms with Crippen LogP contribution in [0.5, 0.6) is 11.5 Å². The number of hydrogen-bond acceptors (Lipinski definition) is 3. The van der Waals surface area contributed by atoms with Gasteiger partial charge in [-0.15, -0.1) is 11.8 Å². The second-order valence-electron chi connectivity index (χ2n) is 3.53. The standard InChI is InChI=1S/C14H10FNOS/c1-18-12-5-3-11(4-6-12)17-14-7-2-10(9-16)8-13(14)15/h2-8H,1H3. The third-order valence-corrected chi connectivity index (χ3v) is 3.09. The van der Waals surface area contributed by atoms with E-state index in [1.165, 1.54) is 12.1 Å². The fourth-order valence-electron chi connectivity index (χ4n) is 1.42. The molecule has 0 saturated carbocycles. The summed E-state index contributed by atoms with van der Waals surface area (Å²) in [5.41, 5.74) is 0.276. The van der Waals surface area contributed by atoms with Crippen LogP contribution >= 0.6 is 11.8 Å². The van der Waals surface area contributed by atoms with E-state index in [4.69, 9.17) is 10.00 Å². The quantitative estimate of drug-likeness (QED) is 0.774. The molecule has 4 heteroatoms. The van der Waals surface area contributed by atoms with Crippen LogP contribution in [-0.2, 0) is 0 Å². The highest BCUT2D eigenvalue weighted by Gasteiger charge is 2.06. The summed E-state index contributed by atoms with van der Waals surface area (Å²) in [6, 6.07) is 13.4. The average molecular weight is 259 g/mol. The van der Waals surface area contributed by atoms with E-state index in [0.29, 0.717) is 5.75 Å². The maximum absolute atomic E-state index is 13.6. The van der Waals surface area contributed by atoms with Gasteiger partial charge >= 0.3 is 0 Å². The first-order valence-electron chi connectivity index (χ1n) is 5.24.